The molecule has 1 N–H and O–H groups in total. The van der Waals surface area contributed by atoms with Crippen molar-refractivity contribution in [1.82, 2.24) is 24.3 Å². The van der Waals surface area contributed by atoms with Crippen LogP contribution in [-0.2, 0) is 24.1 Å². The van der Waals surface area contributed by atoms with E-state index in [0.29, 0.717) is 22.5 Å². The lowest BCUT2D eigenvalue weighted by Gasteiger charge is -2.10. The molecule has 1 atom stereocenters. The molecule has 1 saturated heterocycles. The molecule has 25 heavy (non-hydrogen) atoms. The van der Waals surface area contributed by atoms with Crippen molar-refractivity contribution in [3.8, 4) is 0 Å². The number of hydrogen-bond acceptors (Lipinski definition) is 5. The van der Waals surface area contributed by atoms with Crippen molar-refractivity contribution in [3.05, 3.63) is 39.5 Å². The average Bonchev–Trinajstić information content (AvgIpc) is 3.29. The van der Waals surface area contributed by atoms with E-state index in [1.54, 1.807) is 4.57 Å². The predicted octanol–water partition coefficient (Wildman–Crippen LogP) is 2.58. The molecule has 0 bridgehead atoms. The van der Waals surface area contributed by atoms with Gasteiger partial charge < -0.3 is 9.30 Å². The Bertz CT molecular complexity index is 957. The van der Waals surface area contributed by atoms with Gasteiger partial charge in [0.25, 0.3) is 0 Å². The van der Waals surface area contributed by atoms with E-state index < -0.39 is 0 Å². The summed E-state index contributed by atoms with van der Waals surface area (Å²) >= 11 is 7.53. The Hall–Kier alpha value is -1.77. The minimum absolute atomic E-state index is 0.0903. The number of nitrogens with one attached hydrogen (secondary N) is 1. The highest BCUT2D eigenvalue weighted by atomic mass is 35.5. The fraction of sp³-hybridized carbons (Fsp3) is 0.438. The quantitative estimate of drug-likeness (QED) is 0.689. The predicted molar refractivity (Wildman–Crippen MR) is 97.1 cm³/mol. The second-order valence-electron chi connectivity index (χ2n) is 6.07. The molecule has 4 rings (SSSR count). The highest BCUT2D eigenvalue weighted by Crippen LogP contribution is 2.25. The summed E-state index contributed by atoms with van der Waals surface area (Å²) < 4.78 is 9.32. The molecule has 0 saturated carbocycles. The van der Waals surface area contributed by atoms with Gasteiger partial charge in [-0.05, 0) is 31.0 Å². The summed E-state index contributed by atoms with van der Waals surface area (Å²) in [6.07, 6.45) is 2.11. The molecule has 2 aromatic heterocycles. The highest BCUT2D eigenvalue weighted by Gasteiger charge is 2.20. The molecule has 1 aliphatic heterocycles. The third-order valence-corrected chi connectivity index (χ3v) is 5.61. The van der Waals surface area contributed by atoms with Crippen molar-refractivity contribution in [2.24, 2.45) is 7.05 Å². The van der Waals surface area contributed by atoms with Crippen LogP contribution in [0.5, 0.6) is 0 Å². The molecule has 0 aliphatic carbocycles. The van der Waals surface area contributed by atoms with Crippen LogP contribution in [0, 0.1) is 0 Å². The topological polar surface area (TPSA) is 77.7 Å². The fourth-order valence-electron chi connectivity index (χ4n) is 3.05. The first kappa shape index (κ1) is 16.7. The van der Waals surface area contributed by atoms with Crippen molar-refractivity contribution < 1.29 is 4.74 Å². The van der Waals surface area contributed by atoms with E-state index in [2.05, 4.69) is 15.2 Å². The van der Waals surface area contributed by atoms with Gasteiger partial charge in [-0.2, -0.15) is 0 Å². The molecular formula is C16H18ClN5O2S. The Labute approximate surface area is 153 Å². The van der Waals surface area contributed by atoms with Crippen molar-refractivity contribution in [3.63, 3.8) is 0 Å². The van der Waals surface area contributed by atoms with Gasteiger partial charge in [0.05, 0.1) is 29.4 Å². The summed E-state index contributed by atoms with van der Waals surface area (Å²) in [5, 5.41) is 8.00. The molecule has 7 nitrogen and oxygen atoms in total. The van der Waals surface area contributed by atoms with Crippen LogP contribution in [-0.4, -0.2) is 37.0 Å². The Morgan fingerprint density at radius 1 is 1.48 bits per heavy atom. The number of H-pyrrole nitrogens is 1. The number of aromatic amines is 1. The Morgan fingerprint density at radius 2 is 2.36 bits per heavy atom. The van der Waals surface area contributed by atoms with Gasteiger partial charge in [0.2, 0.25) is 0 Å². The largest absolute Gasteiger partial charge is 0.376 e. The first-order chi connectivity index (χ1) is 12.1. The van der Waals surface area contributed by atoms with Crippen molar-refractivity contribution in [1.29, 1.82) is 0 Å². The van der Waals surface area contributed by atoms with E-state index in [-0.39, 0.29) is 11.8 Å². The minimum atomic E-state index is -0.199. The number of ether oxygens (including phenoxy) is 1. The van der Waals surface area contributed by atoms with Gasteiger partial charge in [0, 0.05) is 18.7 Å². The number of benzene rings is 1. The van der Waals surface area contributed by atoms with Crippen LogP contribution in [0.1, 0.15) is 18.7 Å². The second-order valence-corrected chi connectivity index (χ2v) is 7.44. The van der Waals surface area contributed by atoms with E-state index in [4.69, 9.17) is 16.3 Å². The van der Waals surface area contributed by atoms with Gasteiger partial charge in [-0.25, -0.2) is 14.9 Å². The Morgan fingerprint density at radius 3 is 3.16 bits per heavy atom. The molecule has 0 radical (unpaired) electrons. The zero-order valence-electron chi connectivity index (χ0n) is 13.7. The number of aryl methyl sites for hydroxylation is 1. The molecule has 132 valence electrons. The Balaban J connectivity index is 1.53. The number of aromatic nitrogens is 5. The van der Waals surface area contributed by atoms with Crippen LogP contribution < -0.4 is 5.69 Å². The maximum absolute atomic E-state index is 12.0. The lowest BCUT2D eigenvalue weighted by atomic mass is 10.2. The molecule has 9 heteroatoms. The summed E-state index contributed by atoms with van der Waals surface area (Å²) in [6.45, 7) is 1.30. The number of halogens is 1. The van der Waals surface area contributed by atoms with Gasteiger partial charge in [-0.3, -0.25) is 4.57 Å². The molecule has 3 heterocycles. The molecule has 1 fully saturated rings. The number of thioether (sulfide) groups is 1. The lowest BCUT2D eigenvalue weighted by molar-refractivity contribution is 0.0941. The number of imidazole rings is 1. The zero-order chi connectivity index (χ0) is 17.4. The first-order valence-electron chi connectivity index (χ1n) is 8.12. The molecule has 0 spiro atoms. The van der Waals surface area contributed by atoms with E-state index in [1.807, 2.05) is 29.8 Å². The smallest absolute Gasteiger partial charge is 0.344 e. The van der Waals surface area contributed by atoms with Gasteiger partial charge in [-0.1, -0.05) is 23.4 Å². The third-order valence-electron chi connectivity index (χ3n) is 4.40. The maximum atomic E-state index is 12.0. The zero-order valence-corrected chi connectivity index (χ0v) is 15.3. The van der Waals surface area contributed by atoms with Crippen LogP contribution in [0.4, 0.5) is 0 Å². The van der Waals surface area contributed by atoms with Crippen LogP contribution in [0.15, 0.2) is 28.2 Å². The Kier molecular flexibility index (Phi) is 4.58. The number of rotatable bonds is 5. The summed E-state index contributed by atoms with van der Waals surface area (Å²) in [4.78, 5) is 16.7. The van der Waals surface area contributed by atoms with E-state index in [1.165, 1.54) is 11.8 Å². The molecule has 0 amide bonds. The van der Waals surface area contributed by atoms with Gasteiger partial charge in [0.15, 0.2) is 5.16 Å². The highest BCUT2D eigenvalue weighted by molar-refractivity contribution is 7.98. The maximum Gasteiger partial charge on any atom is 0.344 e. The number of hydrogen-bond donors (Lipinski definition) is 1. The summed E-state index contributed by atoms with van der Waals surface area (Å²) in [7, 11) is 1.98. The molecule has 1 aliphatic rings. The molecule has 3 aromatic rings. The van der Waals surface area contributed by atoms with E-state index >= 15 is 0 Å². The molecule has 1 aromatic carbocycles. The SMILES string of the molecule is Cn1c(CSc2n[nH]c(=O)n2CC2CCCO2)nc2cc(Cl)ccc21. The lowest BCUT2D eigenvalue weighted by Crippen LogP contribution is -2.25. The van der Waals surface area contributed by atoms with Crippen LogP contribution in [0.2, 0.25) is 5.02 Å². The van der Waals surface area contributed by atoms with E-state index in [0.717, 1.165) is 36.3 Å². The van der Waals surface area contributed by atoms with Gasteiger partial charge in [-0.15, -0.1) is 5.10 Å². The molecule has 1 unspecified atom stereocenters. The second kappa shape index (κ2) is 6.86. The average molecular weight is 380 g/mol. The fourth-order valence-corrected chi connectivity index (χ4v) is 4.15. The summed E-state index contributed by atoms with van der Waals surface area (Å²) in [6, 6.07) is 5.67. The summed E-state index contributed by atoms with van der Waals surface area (Å²) in [5.74, 6) is 1.51. The standard InChI is InChI=1S/C16H18ClN5O2S/c1-21-13-5-4-10(17)7-12(13)18-14(21)9-25-16-20-19-15(23)22(16)8-11-3-2-6-24-11/h4-5,7,11H,2-3,6,8-9H2,1H3,(H,19,23). The third kappa shape index (κ3) is 3.33. The van der Waals surface area contributed by atoms with Crippen molar-refractivity contribution >= 4 is 34.4 Å². The number of nitrogens with zero attached hydrogens (tertiary/aromatic N) is 4. The van der Waals surface area contributed by atoms with Crippen LogP contribution in [0.3, 0.4) is 0 Å². The summed E-state index contributed by atoms with van der Waals surface area (Å²) in [5.41, 5.74) is 1.69. The van der Waals surface area contributed by atoms with Crippen molar-refractivity contribution in [2.75, 3.05) is 6.61 Å². The minimum Gasteiger partial charge on any atom is -0.376 e. The van der Waals surface area contributed by atoms with Crippen LogP contribution >= 0.6 is 23.4 Å². The van der Waals surface area contributed by atoms with Gasteiger partial charge in [0.1, 0.15) is 5.82 Å². The molecular weight excluding hydrogens is 362 g/mol. The number of fused-ring (bicyclic) bond motifs is 1. The normalized spacial score (nSPS) is 17.6. The van der Waals surface area contributed by atoms with Gasteiger partial charge >= 0.3 is 5.69 Å². The van der Waals surface area contributed by atoms with Crippen molar-refractivity contribution in [2.45, 2.75) is 36.4 Å². The first-order valence-corrected chi connectivity index (χ1v) is 9.48. The van der Waals surface area contributed by atoms with E-state index in [9.17, 15) is 4.79 Å². The monoisotopic (exact) mass is 379 g/mol. The van der Waals surface area contributed by atoms with Crippen LogP contribution in [0.25, 0.3) is 11.0 Å².